The molecule has 1 unspecified atom stereocenters. The van der Waals surface area contributed by atoms with Gasteiger partial charge in [-0.25, -0.2) is 0 Å². The van der Waals surface area contributed by atoms with Gasteiger partial charge >= 0.3 is 0 Å². The lowest BCUT2D eigenvalue weighted by Gasteiger charge is -2.11. The fraction of sp³-hybridized carbons (Fsp3) is 1.00. The average Bonchev–Trinajstić information content (AvgIpc) is 2.08. The monoisotopic (exact) mass is 176 g/mol. The van der Waals surface area contributed by atoms with Gasteiger partial charge in [0.25, 0.3) is 0 Å². The molecule has 1 fully saturated rings. The first-order valence-electron chi connectivity index (χ1n) is 4.48. The first-order valence-corrected chi connectivity index (χ1v) is 4.48. The maximum atomic E-state index is 8.33. The summed E-state index contributed by atoms with van der Waals surface area (Å²) in [5.41, 5.74) is 0. The molecular weight excluding hydrogens is 156 g/mol. The van der Waals surface area contributed by atoms with Crippen LogP contribution in [0.2, 0.25) is 0 Å². The minimum atomic E-state index is -0.602. The highest BCUT2D eigenvalue weighted by Crippen LogP contribution is 1.78. The van der Waals surface area contributed by atoms with Crippen LogP contribution in [-0.4, -0.2) is 44.2 Å². The second kappa shape index (κ2) is 8.93. The van der Waals surface area contributed by atoms with Crippen LogP contribution < -0.4 is 10.6 Å². The molecule has 0 radical (unpaired) electrons. The lowest BCUT2D eigenvalue weighted by molar-refractivity contribution is -0.0800. The molecule has 4 heteroatoms. The molecule has 1 saturated heterocycles. The highest BCUT2D eigenvalue weighted by atomic mass is 16.6. The van der Waals surface area contributed by atoms with E-state index in [0.717, 1.165) is 26.2 Å². The lowest BCUT2D eigenvalue weighted by atomic mass is 10.4. The van der Waals surface area contributed by atoms with Crippen LogP contribution in [0.5, 0.6) is 0 Å². The van der Waals surface area contributed by atoms with Gasteiger partial charge < -0.3 is 20.5 Å². The van der Waals surface area contributed by atoms with Crippen LogP contribution in [0.25, 0.3) is 0 Å². The number of piperazine rings is 1. The highest BCUT2D eigenvalue weighted by molar-refractivity contribution is 4.59. The third kappa shape index (κ3) is 9.84. The number of aliphatic hydroxyl groups is 1. The Morgan fingerprint density at radius 1 is 1.25 bits per heavy atom. The Balaban J connectivity index is 0.000000202. The van der Waals surface area contributed by atoms with Crippen LogP contribution >= 0.6 is 0 Å². The normalized spacial score (nSPS) is 19.2. The Bertz CT molecular complexity index is 73.6. The summed E-state index contributed by atoms with van der Waals surface area (Å²) in [6.45, 7) is 8.56. The quantitative estimate of drug-likeness (QED) is 0.498. The predicted octanol–water partition coefficient (Wildman–Crippen LogP) is -0.460. The number of ether oxygens (including phenoxy) is 1. The van der Waals surface area contributed by atoms with E-state index in [4.69, 9.17) is 5.11 Å². The Hall–Kier alpha value is -0.160. The summed E-state index contributed by atoms with van der Waals surface area (Å²) in [5, 5.41) is 14.8. The van der Waals surface area contributed by atoms with Crippen LogP contribution in [-0.2, 0) is 4.74 Å². The number of hydrogen-bond acceptors (Lipinski definition) is 4. The van der Waals surface area contributed by atoms with E-state index in [0.29, 0.717) is 6.61 Å². The van der Waals surface area contributed by atoms with Crippen molar-refractivity contribution in [2.75, 3.05) is 32.8 Å². The van der Waals surface area contributed by atoms with E-state index in [9.17, 15) is 0 Å². The van der Waals surface area contributed by atoms with Gasteiger partial charge in [-0.3, -0.25) is 0 Å². The molecule has 1 heterocycles. The van der Waals surface area contributed by atoms with Crippen molar-refractivity contribution in [2.45, 2.75) is 20.1 Å². The summed E-state index contributed by atoms with van der Waals surface area (Å²) in [5.74, 6) is 0. The maximum Gasteiger partial charge on any atom is 0.151 e. The van der Waals surface area contributed by atoms with Crippen molar-refractivity contribution in [3.05, 3.63) is 0 Å². The zero-order valence-corrected chi connectivity index (χ0v) is 7.97. The molecular formula is C8H20N2O2. The van der Waals surface area contributed by atoms with Gasteiger partial charge in [-0.05, 0) is 13.8 Å². The molecule has 74 valence electrons. The van der Waals surface area contributed by atoms with E-state index in [1.807, 2.05) is 6.92 Å². The third-order valence-electron chi connectivity index (χ3n) is 1.36. The first kappa shape index (κ1) is 11.8. The van der Waals surface area contributed by atoms with E-state index in [1.165, 1.54) is 0 Å². The fourth-order valence-corrected chi connectivity index (χ4v) is 0.845. The maximum absolute atomic E-state index is 8.33. The Labute approximate surface area is 74.3 Å². The van der Waals surface area contributed by atoms with E-state index < -0.39 is 6.29 Å². The zero-order chi connectivity index (χ0) is 9.23. The van der Waals surface area contributed by atoms with Crippen molar-refractivity contribution in [3.8, 4) is 0 Å². The van der Waals surface area contributed by atoms with E-state index in [1.54, 1.807) is 6.92 Å². The molecule has 12 heavy (non-hydrogen) atoms. The van der Waals surface area contributed by atoms with Crippen molar-refractivity contribution in [2.24, 2.45) is 0 Å². The van der Waals surface area contributed by atoms with Crippen molar-refractivity contribution in [3.63, 3.8) is 0 Å². The third-order valence-corrected chi connectivity index (χ3v) is 1.36. The van der Waals surface area contributed by atoms with E-state index in [-0.39, 0.29) is 0 Å². The van der Waals surface area contributed by atoms with Gasteiger partial charge in [0, 0.05) is 32.8 Å². The van der Waals surface area contributed by atoms with Gasteiger partial charge in [0.15, 0.2) is 6.29 Å². The van der Waals surface area contributed by atoms with Crippen molar-refractivity contribution in [1.29, 1.82) is 0 Å². The summed E-state index contributed by atoms with van der Waals surface area (Å²) < 4.78 is 4.60. The van der Waals surface area contributed by atoms with E-state index in [2.05, 4.69) is 15.4 Å². The highest BCUT2D eigenvalue weighted by Gasteiger charge is 1.91. The van der Waals surface area contributed by atoms with E-state index >= 15 is 0 Å². The smallest absolute Gasteiger partial charge is 0.151 e. The lowest BCUT2D eigenvalue weighted by Crippen LogP contribution is -2.39. The molecule has 0 aromatic heterocycles. The minimum Gasteiger partial charge on any atom is -0.368 e. The Morgan fingerprint density at radius 2 is 1.67 bits per heavy atom. The standard InChI is InChI=1S/C4H10N2.C4H10O2/c1-2-6-4-3-5-1;1-3-6-4(2)5/h5-6H,1-4H2;4-5H,3H2,1-2H3. The molecule has 0 amide bonds. The molecule has 1 aliphatic rings. The van der Waals surface area contributed by atoms with Gasteiger partial charge in [-0.2, -0.15) is 0 Å². The van der Waals surface area contributed by atoms with Crippen LogP contribution in [0.4, 0.5) is 0 Å². The second-order valence-corrected chi connectivity index (χ2v) is 2.55. The minimum absolute atomic E-state index is 0.581. The van der Waals surface area contributed by atoms with Crippen molar-refractivity contribution in [1.82, 2.24) is 10.6 Å². The Kier molecular flexibility index (Phi) is 8.81. The molecule has 0 aromatic carbocycles. The zero-order valence-electron chi connectivity index (χ0n) is 7.97. The Morgan fingerprint density at radius 3 is 1.75 bits per heavy atom. The van der Waals surface area contributed by atoms with Crippen LogP contribution in [0.3, 0.4) is 0 Å². The van der Waals surface area contributed by atoms with Crippen LogP contribution in [0.1, 0.15) is 13.8 Å². The van der Waals surface area contributed by atoms with Crippen LogP contribution in [0.15, 0.2) is 0 Å². The molecule has 3 N–H and O–H groups in total. The first-order chi connectivity index (χ1) is 5.77. The predicted molar refractivity (Wildman–Crippen MR) is 49.0 cm³/mol. The molecule has 0 aliphatic carbocycles. The molecule has 4 nitrogen and oxygen atoms in total. The summed E-state index contributed by atoms with van der Waals surface area (Å²) >= 11 is 0. The van der Waals surface area contributed by atoms with Gasteiger partial charge in [-0.1, -0.05) is 0 Å². The van der Waals surface area contributed by atoms with Crippen molar-refractivity contribution < 1.29 is 9.84 Å². The molecule has 0 spiro atoms. The van der Waals surface area contributed by atoms with Gasteiger partial charge in [0.2, 0.25) is 0 Å². The van der Waals surface area contributed by atoms with Crippen LogP contribution in [0, 0.1) is 0 Å². The fourth-order valence-electron chi connectivity index (χ4n) is 0.845. The topological polar surface area (TPSA) is 53.5 Å². The average molecular weight is 176 g/mol. The number of hydrogen-bond donors (Lipinski definition) is 3. The number of rotatable bonds is 2. The van der Waals surface area contributed by atoms with Gasteiger partial charge in [-0.15, -0.1) is 0 Å². The van der Waals surface area contributed by atoms with Gasteiger partial charge in [0.1, 0.15) is 0 Å². The molecule has 1 rings (SSSR count). The second-order valence-electron chi connectivity index (χ2n) is 2.55. The SMILES string of the molecule is C1CNCCN1.CCOC(C)O. The molecule has 1 atom stereocenters. The number of aliphatic hydroxyl groups excluding tert-OH is 1. The molecule has 0 saturated carbocycles. The molecule has 0 aromatic rings. The van der Waals surface area contributed by atoms with Gasteiger partial charge in [0.05, 0.1) is 0 Å². The number of nitrogens with one attached hydrogen (secondary N) is 2. The summed E-state index contributed by atoms with van der Waals surface area (Å²) in [6, 6.07) is 0. The van der Waals surface area contributed by atoms with Crippen molar-refractivity contribution >= 4 is 0 Å². The molecule has 1 aliphatic heterocycles. The summed E-state index contributed by atoms with van der Waals surface area (Å²) in [4.78, 5) is 0. The largest absolute Gasteiger partial charge is 0.368 e. The molecule has 0 bridgehead atoms. The summed E-state index contributed by atoms with van der Waals surface area (Å²) in [6.07, 6.45) is -0.602. The summed E-state index contributed by atoms with van der Waals surface area (Å²) in [7, 11) is 0.